The maximum atomic E-state index is 11.9. The van der Waals surface area contributed by atoms with Gasteiger partial charge in [0, 0.05) is 17.7 Å². The molecule has 1 aliphatic rings. The minimum absolute atomic E-state index is 0.0732. The largest absolute Gasteiger partial charge is 0.465 e. The summed E-state index contributed by atoms with van der Waals surface area (Å²) >= 11 is 1.84. The van der Waals surface area contributed by atoms with Gasteiger partial charge in [0.05, 0.1) is 12.0 Å². The highest BCUT2D eigenvalue weighted by atomic mass is 32.2. The second-order valence-corrected chi connectivity index (χ2v) is 5.51. The molecule has 1 unspecified atom stereocenters. The van der Waals surface area contributed by atoms with Gasteiger partial charge in [0.1, 0.15) is 0 Å². The molecule has 0 spiro atoms. The van der Waals surface area contributed by atoms with Gasteiger partial charge in [0.25, 0.3) is 0 Å². The predicted octanol–water partition coefficient (Wildman–Crippen LogP) is 2.02. The smallest absolute Gasteiger partial charge is 0.313 e. The van der Waals surface area contributed by atoms with Crippen molar-refractivity contribution in [2.24, 2.45) is 5.41 Å². The van der Waals surface area contributed by atoms with E-state index in [4.69, 9.17) is 4.74 Å². The molecule has 0 bridgehead atoms. The van der Waals surface area contributed by atoms with Crippen molar-refractivity contribution in [2.75, 3.05) is 18.2 Å². The van der Waals surface area contributed by atoms with Gasteiger partial charge in [-0.15, -0.1) is 11.8 Å². The molecule has 1 rings (SSSR count). The van der Waals surface area contributed by atoms with Crippen molar-refractivity contribution in [3.8, 4) is 0 Å². The van der Waals surface area contributed by atoms with Crippen molar-refractivity contribution in [1.29, 1.82) is 0 Å². The van der Waals surface area contributed by atoms with Gasteiger partial charge in [-0.2, -0.15) is 0 Å². The molecule has 1 heterocycles. The van der Waals surface area contributed by atoms with Crippen LogP contribution in [0, 0.1) is 5.41 Å². The molecule has 4 heteroatoms. The summed E-state index contributed by atoms with van der Waals surface area (Å²) in [4.78, 5) is 11.9. The van der Waals surface area contributed by atoms with Crippen LogP contribution in [-0.4, -0.2) is 30.2 Å². The summed E-state index contributed by atoms with van der Waals surface area (Å²) in [5.74, 6) is 1.86. The molecule has 15 heavy (non-hydrogen) atoms. The highest BCUT2D eigenvalue weighted by molar-refractivity contribution is 7.99. The Morgan fingerprint density at radius 3 is 2.87 bits per heavy atom. The average molecular weight is 231 g/mol. The number of carbonyl (C=O) groups excluding carboxylic acids is 1. The van der Waals surface area contributed by atoms with E-state index in [9.17, 15) is 4.79 Å². The Hall–Kier alpha value is -0.220. The van der Waals surface area contributed by atoms with E-state index in [-0.39, 0.29) is 12.0 Å². The molecule has 88 valence electrons. The molecule has 0 aromatic carbocycles. The lowest BCUT2D eigenvalue weighted by atomic mass is 9.85. The monoisotopic (exact) mass is 231 g/mol. The first-order valence-corrected chi connectivity index (χ1v) is 6.73. The fraction of sp³-hybridized carbons (Fsp3) is 0.909. The SMILES string of the molecule is CCCCOC(=O)C(C)(C)C1CSCN1. The van der Waals surface area contributed by atoms with Gasteiger partial charge in [0.15, 0.2) is 0 Å². The first-order valence-electron chi connectivity index (χ1n) is 5.57. The van der Waals surface area contributed by atoms with Crippen LogP contribution in [-0.2, 0) is 9.53 Å². The number of hydrogen-bond donors (Lipinski definition) is 1. The molecule has 0 radical (unpaired) electrons. The van der Waals surface area contributed by atoms with E-state index < -0.39 is 5.41 Å². The summed E-state index contributed by atoms with van der Waals surface area (Å²) in [7, 11) is 0. The van der Waals surface area contributed by atoms with Crippen molar-refractivity contribution in [3.05, 3.63) is 0 Å². The van der Waals surface area contributed by atoms with E-state index in [1.807, 2.05) is 25.6 Å². The molecule has 1 N–H and O–H groups in total. The minimum atomic E-state index is -0.406. The van der Waals surface area contributed by atoms with E-state index >= 15 is 0 Å². The first kappa shape index (κ1) is 12.8. The molecule has 0 saturated carbocycles. The standard InChI is InChI=1S/C11H21NO2S/c1-4-5-6-14-10(13)11(2,3)9-7-15-8-12-9/h9,12H,4-8H2,1-3H3. The number of thioether (sulfide) groups is 1. The molecule has 0 aromatic rings. The van der Waals surface area contributed by atoms with Crippen molar-refractivity contribution in [1.82, 2.24) is 5.32 Å². The zero-order valence-corrected chi connectivity index (χ0v) is 10.7. The van der Waals surface area contributed by atoms with Crippen LogP contribution in [0.4, 0.5) is 0 Å². The molecule has 1 saturated heterocycles. The van der Waals surface area contributed by atoms with Crippen LogP contribution in [0.25, 0.3) is 0 Å². The van der Waals surface area contributed by atoms with Crippen LogP contribution in [0.2, 0.25) is 0 Å². The van der Waals surface area contributed by atoms with Crippen molar-refractivity contribution in [3.63, 3.8) is 0 Å². The van der Waals surface area contributed by atoms with Crippen LogP contribution >= 0.6 is 11.8 Å². The summed E-state index contributed by atoms with van der Waals surface area (Å²) in [5.41, 5.74) is -0.406. The topological polar surface area (TPSA) is 38.3 Å². The average Bonchev–Trinajstić information content (AvgIpc) is 2.71. The second-order valence-electron chi connectivity index (χ2n) is 4.48. The lowest BCUT2D eigenvalue weighted by Gasteiger charge is -2.28. The van der Waals surface area contributed by atoms with E-state index in [1.54, 1.807) is 0 Å². The second kappa shape index (κ2) is 5.75. The van der Waals surface area contributed by atoms with Crippen LogP contribution in [0.5, 0.6) is 0 Å². The number of nitrogens with one attached hydrogen (secondary N) is 1. The third-order valence-electron chi connectivity index (χ3n) is 2.84. The summed E-state index contributed by atoms with van der Waals surface area (Å²) in [6.07, 6.45) is 2.01. The van der Waals surface area contributed by atoms with Crippen molar-refractivity contribution in [2.45, 2.75) is 39.7 Å². The summed E-state index contributed by atoms with van der Waals surface area (Å²) < 4.78 is 5.27. The van der Waals surface area contributed by atoms with Gasteiger partial charge in [-0.1, -0.05) is 13.3 Å². The van der Waals surface area contributed by atoms with Crippen molar-refractivity contribution >= 4 is 17.7 Å². The zero-order chi connectivity index (χ0) is 11.3. The number of esters is 1. The summed E-state index contributed by atoms with van der Waals surface area (Å²) in [5, 5.41) is 3.33. The molecule has 0 aliphatic carbocycles. The lowest BCUT2D eigenvalue weighted by Crippen LogP contribution is -2.45. The van der Waals surface area contributed by atoms with Crippen LogP contribution in [0.15, 0.2) is 0 Å². The first-order chi connectivity index (χ1) is 7.09. The Morgan fingerprint density at radius 1 is 1.60 bits per heavy atom. The predicted molar refractivity (Wildman–Crippen MR) is 63.9 cm³/mol. The Bertz CT molecular complexity index is 213. The maximum absolute atomic E-state index is 11.9. The Labute approximate surface area is 96.3 Å². The lowest BCUT2D eigenvalue weighted by molar-refractivity contribution is -0.155. The maximum Gasteiger partial charge on any atom is 0.313 e. The van der Waals surface area contributed by atoms with E-state index in [0.29, 0.717) is 6.61 Å². The number of rotatable bonds is 5. The molecular weight excluding hydrogens is 210 g/mol. The van der Waals surface area contributed by atoms with E-state index in [1.165, 1.54) is 0 Å². The fourth-order valence-electron chi connectivity index (χ4n) is 1.50. The number of unbranched alkanes of at least 4 members (excludes halogenated alkanes) is 1. The van der Waals surface area contributed by atoms with E-state index in [0.717, 1.165) is 24.5 Å². The molecule has 3 nitrogen and oxygen atoms in total. The summed E-state index contributed by atoms with van der Waals surface area (Å²) in [6, 6.07) is 0.247. The van der Waals surface area contributed by atoms with Gasteiger partial charge >= 0.3 is 5.97 Å². The quantitative estimate of drug-likeness (QED) is 0.580. The van der Waals surface area contributed by atoms with Crippen LogP contribution < -0.4 is 5.32 Å². The van der Waals surface area contributed by atoms with Gasteiger partial charge in [-0.3, -0.25) is 4.79 Å². The van der Waals surface area contributed by atoms with Crippen LogP contribution in [0.1, 0.15) is 33.6 Å². The molecule has 0 aromatic heterocycles. The van der Waals surface area contributed by atoms with Crippen molar-refractivity contribution < 1.29 is 9.53 Å². The molecule has 1 aliphatic heterocycles. The van der Waals surface area contributed by atoms with E-state index in [2.05, 4.69) is 12.2 Å². The highest BCUT2D eigenvalue weighted by Crippen LogP contribution is 2.28. The molecule has 1 fully saturated rings. The van der Waals surface area contributed by atoms with Gasteiger partial charge in [0.2, 0.25) is 0 Å². The van der Waals surface area contributed by atoms with Gasteiger partial charge < -0.3 is 10.1 Å². The summed E-state index contributed by atoms with van der Waals surface area (Å²) in [6.45, 7) is 6.57. The Balaban J connectivity index is 2.41. The molecule has 1 atom stereocenters. The minimum Gasteiger partial charge on any atom is -0.465 e. The Kier molecular flexibility index (Phi) is 4.93. The fourth-order valence-corrected chi connectivity index (χ4v) is 2.70. The van der Waals surface area contributed by atoms with Gasteiger partial charge in [-0.05, 0) is 20.3 Å². The van der Waals surface area contributed by atoms with Crippen LogP contribution in [0.3, 0.4) is 0 Å². The molecule has 0 amide bonds. The third-order valence-corrected chi connectivity index (χ3v) is 3.78. The normalized spacial score (nSPS) is 21.7. The zero-order valence-electron chi connectivity index (χ0n) is 9.84. The number of carbonyl (C=O) groups is 1. The number of ether oxygens (including phenoxy) is 1. The number of hydrogen-bond acceptors (Lipinski definition) is 4. The highest BCUT2D eigenvalue weighted by Gasteiger charge is 2.39. The Morgan fingerprint density at radius 2 is 2.33 bits per heavy atom. The molecular formula is C11H21NO2S. The van der Waals surface area contributed by atoms with Gasteiger partial charge in [-0.25, -0.2) is 0 Å². The third kappa shape index (κ3) is 3.38.